The lowest BCUT2D eigenvalue weighted by Gasteiger charge is -2.37. The summed E-state index contributed by atoms with van der Waals surface area (Å²) in [4.78, 5) is 31.6. The summed E-state index contributed by atoms with van der Waals surface area (Å²) in [5, 5.41) is 22.5. The highest BCUT2D eigenvalue weighted by atomic mass is 19.1. The van der Waals surface area contributed by atoms with Crippen molar-refractivity contribution in [1.82, 2.24) is 30.3 Å². The normalized spacial score (nSPS) is 16.3. The smallest absolute Gasteiger partial charge is 0.413 e. The first-order valence-corrected chi connectivity index (χ1v) is 12.7. The number of rotatable bonds is 5. The molecule has 1 spiro atoms. The molecule has 3 aromatic heterocycles. The van der Waals surface area contributed by atoms with Crippen molar-refractivity contribution in [3.05, 3.63) is 45.8 Å². The van der Waals surface area contributed by atoms with E-state index in [0.717, 1.165) is 12.8 Å². The second kappa shape index (κ2) is 9.56. The van der Waals surface area contributed by atoms with Gasteiger partial charge in [0, 0.05) is 48.2 Å². The third kappa shape index (κ3) is 4.13. The summed E-state index contributed by atoms with van der Waals surface area (Å²) in [7, 11) is 1.56. The molecule has 4 heterocycles. The van der Waals surface area contributed by atoms with E-state index >= 15 is 4.39 Å². The summed E-state index contributed by atoms with van der Waals surface area (Å²) in [5.41, 5.74) is 5.64. The number of H-pyrrole nitrogens is 1. The molecule has 13 nitrogen and oxygen atoms in total. The van der Waals surface area contributed by atoms with Crippen LogP contribution in [0.5, 0.6) is 11.6 Å². The maximum atomic E-state index is 16.1. The molecule has 0 unspecified atom stereocenters. The summed E-state index contributed by atoms with van der Waals surface area (Å²) in [6.07, 6.45) is 1.60. The lowest BCUT2D eigenvalue weighted by atomic mass is 9.96. The molecule has 0 radical (unpaired) electrons. The number of benzene rings is 1. The van der Waals surface area contributed by atoms with Gasteiger partial charge in [0.15, 0.2) is 5.75 Å². The zero-order valence-corrected chi connectivity index (χ0v) is 22.0. The van der Waals surface area contributed by atoms with Crippen molar-refractivity contribution in [3.8, 4) is 40.2 Å². The van der Waals surface area contributed by atoms with Crippen molar-refractivity contribution in [3.63, 3.8) is 0 Å². The highest BCUT2D eigenvalue weighted by Gasteiger charge is 2.51. The number of hydrogen-bond acceptors (Lipinski definition) is 10. The topological polar surface area (TPSA) is 177 Å². The molecule has 210 valence electrons. The molecule has 0 atom stereocenters. The van der Waals surface area contributed by atoms with Crippen molar-refractivity contribution < 1.29 is 22.8 Å². The minimum absolute atomic E-state index is 0.0237. The van der Waals surface area contributed by atoms with Gasteiger partial charge in [0.25, 0.3) is 5.56 Å². The largest absolute Gasteiger partial charge is 0.482 e. The van der Waals surface area contributed by atoms with Crippen LogP contribution in [0.15, 0.2) is 23.1 Å². The average Bonchev–Trinajstić information content (AvgIpc) is 3.60. The number of likely N-dealkylation sites (N-methyl/N-ethyl adjacent to an activating group) is 1. The lowest BCUT2D eigenvalue weighted by molar-refractivity contribution is 0.171. The molecule has 1 fully saturated rings. The fourth-order valence-corrected chi connectivity index (χ4v) is 5.26. The van der Waals surface area contributed by atoms with E-state index in [1.165, 1.54) is 23.0 Å². The standard InChI is InChI=1S/C27H26FN9O4/c1-4-37-12-27(5-6-27)41-23-14(9-29)20(16(28)8-19(23)37)22-15(11-32-36(22)3)17-7-13-18(10-30)34-35-24(38)21(13)25(33-17)40-26(39)31-2/h7-8,11H,4-6,10,12,30H2,1-3H3,(H,31,39)(H,35,38)/i2D3. The molecule has 6 rings (SSSR count). The van der Waals surface area contributed by atoms with Gasteiger partial charge in [-0.3, -0.25) is 9.48 Å². The van der Waals surface area contributed by atoms with Gasteiger partial charge < -0.3 is 25.4 Å². The van der Waals surface area contributed by atoms with Crippen molar-refractivity contribution in [2.45, 2.75) is 31.9 Å². The Hall–Kier alpha value is -5.03. The average molecular weight is 563 g/mol. The van der Waals surface area contributed by atoms with Gasteiger partial charge in [0.05, 0.1) is 41.1 Å². The molecule has 1 aliphatic carbocycles. The molecule has 4 aromatic rings. The van der Waals surface area contributed by atoms with Crippen LogP contribution in [0.3, 0.4) is 0 Å². The number of hydrogen-bond donors (Lipinski definition) is 3. The minimum atomic E-state index is -2.89. The summed E-state index contributed by atoms with van der Waals surface area (Å²) in [5.74, 6) is -0.968. The number of nitrogens with zero attached hydrogens (tertiary/aromatic N) is 6. The van der Waals surface area contributed by atoms with Crippen LogP contribution in [-0.4, -0.2) is 56.7 Å². The van der Waals surface area contributed by atoms with E-state index < -0.39 is 35.9 Å². The molecule has 1 aromatic carbocycles. The van der Waals surface area contributed by atoms with Crippen LogP contribution in [-0.2, 0) is 13.6 Å². The van der Waals surface area contributed by atoms with Gasteiger partial charge in [0.1, 0.15) is 28.4 Å². The van der Waals surface area contributed by atoms with Crippen molar-refractivity contribution in [1.29, 1.82) is 5.26 Å². The van der Waals surface area contributed by atoms with E-state index in [9.17, 15) is 14.9 Å². The third-order valence-corrected chi connectivity index (χ3v) is 7.40. The number of carbonyl (C=O) groups excluding carboxylic acids is 1. The summed E-state index contributed by atoms with van der Waals surface area (Å²) < 4.78 is 50.9. The molecular weight excluding hydrogens is 533 g/mol. The summed E-state index contributed by atoms with van der Waals surface area (Å²) >= 11 is 0. The number of amides is 1. The van der Waals surface area contributed by atoms with Gasteiger partial charge >= 0.3 is 6.09 Å². The van der Waals surface area contributed by atoms with Gasteiger partial charge in [0.2, 0.25) is 5.88 Å². The molecule has 1 amide bonds. The van der Waals surface area contributed by atoms with Gasteiger partial charge in [-0.25, -0.2) is 19.3 Å². The van der Waals surface area contributed by atoms with Crippen LogP contribution in [0.2, 0.25) is 0 Å². The first kappa shape index (κ1) is 22.8. The maximum Gasteiger partial charge on any atom is 0.413 e. The lowest BCUT2D eigenvalue weighted by Crippen LogP contribution is -2.42. The summed E-state index contributed by atoms with van der Waals surface area (Å²) in [6.45, 7) is 0.106. The van der Waals surface area contributed by atoms with E-state index in [-0.39, 0.29) is 56.8 Å². The Labute approximate surface area is 236 Å². The Bertz CT molecular complexity index is 1950. The molecule has 0 saturated heterocycles. The number of nitrogens with two attached hydrogens (primary N) is 1. The second-order valence-electron chi connectivity index (χ2n) is 9.85. The minimum Gasteiger partial charge on any atom is -0.482 e. The number of halogens is 1. The summed E-state index contributed by atoms with van der Waals surface area (Å²) in [6, 6.07) is 4.91. The molecule has 2 aliphatic rings. The van der Waals surface area contributed by atoms with Crippen LogP contribution >= 0.6 is 0 Å². The molecule has 1 saturated carbocycles. The number of aryl methyl sites for hydroxylation is 1. The molecular formula is C27H26FN9O4. The number of ether oxygens (including phenoxy) is 2. The first-order valence-electron chi connectivity index (χ1n) is 14.2. The van der Waals surface area contributed by atoms with Gasteiger partial charge in [-0.2, -0.15) is 15.5 Å². The molecule has 14 heteroatoms. The van der Waals surface area contributed by atoms with E-state index in [4.69, 9.17) is 19.3 Å². The predicted molar refractivity (Wildman–Crippen MR) is 146 cm³/mol. The van der Waals surface area contributed by atoms with E-state index in [1.807, 2.05) is 11.8 Å². The Morgan fingerprint density at radius 2 is 2.24 bits per heavy atom. The van der Waals surface area contributed by atoms with Crippen LogP contribution in [0.1, 0.15) is 35.1 Å². The van der Waals surface area contributed by atoms with Crippen molar-refractivity contribution in [2.75, 3.05) is 25.0 Å². The zero-order valence-electron chi connectivity index (χ0n) is 25.0. The molecule has 1 aliphatic heterocycles. The number of nitrogens with one attached hydrogen (secondary N) is 2. The third-order valence-electron chi connectivity index (χ3n) is 7.40. The quantitative estimate of drug-likeness (QED) is 0.327. The van der Waals surface area contributed by atoms with Gasteiger partial charge in [-0.1, -0.05) is 0 Å². The maximum absolute atomic E-state index is 16.1. The second-order valence-corrected chi connectivity index (χ2v) is 9.85. The Morgan fingerprint density at radius 1 is 1.44 bits per heavy atom. The van der Waals surface area contributed by atoms with Crippen LogP contribution in [0.4, 0.5) is 14.9 Å². The zero-order chi connectivity index (χ0) is 31.6. The van der Waals surface area contributed by atoms with Gasteiger partial charge in [-0.15, -0.1) is 0 Å². The first-order chi connectivity index (χ1) is 20.9. The number of pyridine rings is 1. The van der Waals surface area contributed by atoms with Gasteiger partial charge in [-0.05, 0) is 25.8 Å². The SMILES string of the molecule is [2H]C([2H])([2H])NC(=O)Oc1nc(-c2cnn(C)c2-c2c(F)cc3c(c2C#N)OC2(CC2)CN3CC)cc2c(CN)n[nH]c(=O)c12. The van der Waals surface area contributed by atoms with E-state index in [2.05, 4.69) is 26.3 Å². The van der Waals surface area contributed by atoms with Crippen LogP contribution < -0.4 is 31.0 Å². The Morgan fingerprint density at radius 3 is 2.93 bits per heavy atom. The van der Waals surface area contributed by atoms with Crippen molar-refractivity contribution >= 4 is 22.6 Å². The van der Waals surface area contributed by atoms with Crippen LogP contribution in [0.25, 0.3) is 33.3 Å². The monoisotopic (exact) mass is 562 g/mol. The highest BCUT2D eigenvalue weighted by molar-refractivity contribution is 5.94. The fourth-order valence-electron chi connectivity index (χ4n) is 5.26. The molecule has 0 bridgehead atoms. The molecule has 4 N–H and O–H groups in total. The number of anilines is 1. The fraction of sp³-hybridized carbons (Fsp3) is 0.333. The van der Waals surface area contributed by atoms with E-state index in [0.29, 0.717) is 18.8 Å². The highest BCUT2D eigenvalue weighted by Crippen LogP contribution is 2.52. The number of aromatic nitrogens is 5. The number of aromatic amines is 1. The number of nitriles is 1. The molecule has 41 heavy (non-hydrogen) atoms. The number of fused-ring (bicyclic) bond motifs is 2. The predicted octanol–water partition coefficient (Wildman–Crippen LogP) is 2.32. The van der Waals surface area contributed by atoms with E-state index in [1.54, 1.807) is 12.4 Å². The Kier molecular flexibility index (Phi) is 5.31. The Balaban J connectivity index is 1.58. The van der Waals surface area contributed by atoms with Crippen LogP contribution in [0, 0.1) is 17.1 Å². The van der Waals surface area contributed by atoms with Crippen molar-refractivity contribution in [2.24, 2.45) is 12.8 Å². The number of carbonyl (C=O) groups is 1.